The molecule has 0 bridgehead atoms. The first-order valence-corrected chi connectivity index (χ1v) is 3.49. The normalized spacial score (nSPS) is 18.1. The molecular weight excluding hydrogens is 230 g/mol. The van der Waals surface area contributed by atoms with E-state index in [0.717, 1.165) is 0 Å². The third-order valence-corrected chi connectivity index (χ3v) is 1.43. The van der Waals surface area contributed by atoms with Crippen LogP contribution in [0.5, 0.6) is 0 Å². The quantitative estimate of drug-likeness (QED) is 0.604. The lowest BCUT2D eigenvalue weighted by atomic mass is 10.0. The number of alkyl halides is 5. The Morgan fingerprint density at radius 3 is 1.87 bits per heavy atom. The number of hydrogen-bond donors (Lipinski definition) is 1. The minimum atomic E-state index is -5.58. The van der Waals surface area contributed by atoms with Crippen LogP contribution in [-0.2, 0) is 4.79 Å². The topological polar surface area (TPSA) is 37.3 Å². The second-order valence-corrected chi connectivity index (χ2v) is 2.82. The number of rotatable bonds is 3. The van der Waals surface area contributed by atoms with Gasteiger partial charge in [-0.1, -0.05) is 0 Å². The SMILES string of the molecule is CC(F)(CF)C(F)=C(C(=O)O)C(F)(F)F. The molecule has 2 nitrogen and oxygen atoms in total. The number of hydrogen-bond acceptors (Lipinski definition) is 1. The zero-order valence-electron chi connectivity index (χ0n) is 7.33. The minimum absolute atomic E-state index is 0.178. The van der Waals surface area contributed by atoms with Crippen LogP contribution in [0.3, 0.4) is 0 Å². The van der Waals surface area contributed by atoms with Crippen molar-refractivity contribution in [2.75, 3.05) is 6.67 Å². The molecule has 0 radical (unpaired) electrons. The van der Waals surface area contributed by atoms with Gasteiger partial charge in [-0.2, -0.15) is 13.2 Å². The average Bonchev–Trinajstić information content (AvgIpc) is 2.00. The van der Waals surface area contributed by atoms with Gasteiger partial charge in [0.1, 0.15) is 6.67 Å². The Morgan fingerprint density at radius 2 is 1.67 bits per heavy atom. The standard InChI is InChI=1S/C7H6F6O2/c1-6(10,2-8)4(9)3(5(14)15)7(11,12)13/h2H2,1H3,(H,14,15). The number of carboxylic acids is 1. The van der Waals surface area contributed by atoms with Crippen molar-refractivity contribution in [3.05, 3.63) is 11.4 Å². The molecule has 1 unspecified atom stereocenters. The lowest BCUT2D eigenvalue weighted by Gasteiger charge is -2.17. The molecule has 0 amide bonds. The summed E-state index contributed by atoms with van der Waals surface area (Å²) in [5, 5.41) is 8.03. The van der Waals surface area contributed by atoms with Crippen LogP contribution in [0.2, 0.25) is 0 Å². The molecule has 0 aliphatic heterocycles. The van der Waals surface area contributed by atoms with Gasteiger partial charge < -0.3 is 5.11 Å². The highest BCUT2D eigenvalue weighted by Crippen LogP contribution is 2.35. The molecule has 0 rings (SSSR count). The van der Waals surface area contributed by atoms with Gasteiger partial charge in [-0.25, -0.2) is 18.0 Å². The van der Waals surface area contributed by atoms with Gasteiger partial charge in [0.15, 0.2) is 17.1 Å². The number of allylic oxidation sites excluding steroid dienone is 1. The molecule has 0 spiro atoms. The Balaban J connectivity index is 5.60. The van der Waals surface area contributed by atoms with E-state index in [1.807, 2.05) is 0 Å². The fraction of sp³-hybridized carbons (Fsp3) is 0.571. The van der Waals surface area contributed by atoms with Gasteiger partial charge in [-0.15, -0.1) is 0 Å². The maximum Gasteiger partial charge on any atom is 0.426 e. The van der Waals surface area contributed by atoms with Gasteiger partial charge in [0.2, 0.25) is 0 Å². The maximum absolute atomic E-state index is 12.8. The van der Waals surface area contributed by atoms with Gasteiger partial charge in [0.05, 0.1) is 0 Å². The largest absolute Gasteiger partial charge is 0.478 e. The predicted molar refractivity (Wildman–Crippen MR) is 37.3 cm³/mol. The van der Waals surface area contributed by atoms with Gasteiger partial charge >= 0.3 is 12.1 Å². The zero-order valence-corrected chi connectivity index (χ0v) is 7.33. The first-order chi connectivity index (χ1) is 6.54. The summed E-state index contributed by atoms with van der Waals surface area (Å²) >= 11 is 0. The Hall–Kier alpha value is -1.21. The fourth-order valence-electron chi connectivity index (χ4n) is 0.659. The van der Waals surface area contributed by atoms with E-state index in [9.17, 15) is 31.1 Å². The molecule has 88 valence electrons. The summed E-state index contributed by atoms with van der Waals surface area (Å²) < 4.78 is 73.1. The van der Waals surface area contributed by atoms with Crippen LogP contribution < -0.4 is 0 Å². The summed E-state index contributed by atoms with van der Waals surface area (Å²) in [4.78, 5) is 10.0. The summed E-state index contributed by atoms with van der Waals surface area (Å²) in [7, 11) is 0. The fourth-order valence-corrected chi connectivity index (χ4v) is 0.659. The Labute approximate surface area is 80.2 Å². The molecule has 0 heterocycles. The predicted octanol–water partition coefficient (Wildman–Crippen LogP) is 2.55. The molecule has 8 heteroatoms. The molecule has 1 N–H and O–H groups in total. The molecule has 0 aromatic carbocycles. The molecule has 0 fully saturated rings. The maximum atomic E-state index is 12.8. The highest BCUT2D eigenvalue weighted by molar-refractivity contribution is 5.89. The van der Waals surface area contributed by atoms with Crippen molar-refractivity contribution in [2.45, 2.75) is 18.8 Å². The first kappa shape index (κ1) is 13.8. The molecule has 0 aromatic rings. The summed E-state index contributed by atoms with van der Waals surface area (Å²) in [5.74, 6) is -5.37. The second kappa shape index (κ2) is 4.11. The minimum Gasteiger partial charge on any atom is -0.478 e. The van der Waals surface area contributed by atoms with Crippen molar-refractivity contribution in [3.63, 3.8) is 0 Å². The molecule has 0 aromatic heterocycles. The van der Waals surface area contributed by atoms with Gasteiger partial charge in [0, 0.05) is 0 Å². The highest BCUT2D eigenvalue weighted by Gasteiger charge is 2.47. The van der Waals surface area contributed by atoms with Crippen LogP contribution in [0.1, 0.15) is 6.92 Å². The molecule has 15 heavy (non-hydrogen) atoms. The van der Waals surface area contributed by atoms with Crippen LogP contribution in [0.4, 0.5) is 26.3 Å². The second-order valence-electron chi connectivity index (χ2n) is 2.82. The average molecular weight is 236 g/mol. The Kier molecular flexibility index (Phi) is 3.78. The van der Waals surface area contributed by atoms with Crippen molar-refractivity contribution in [1.29, 1.82) is 0 Å². The van der Waals surface area contributed by atoms with Crippen molar-refractivity contribution in [1.82, 2.24) is 0 Å². The summed E-state index contributed by atoms with van der Waals surface area (Å²) in [6, 6.07) is 0. The molecule has 0 aliphatic carbocycles. The van der Waals surface area contributed by atoms with E-state index in [0.29, 0.717) is 0 Å². The summed E-state index contributed by atoms with van der Waals surface area (Å²) in [6.07, 6.45) is -5.58. The van der Waals surface area contributed by atoms with Crippen LogP contribution >= 0.6 is 0 Å². The smallest absolute Gasteiger partial charge is 0.426 e. The van der Waals surface area contributed by atoms with E-state index < -0.39 is 35.9 Å². The molecule has 0 saturated heterocycles. The summed E-state index contributed by atoms with van der Waals surface area (Å²) in [6.45, 7) is -1.91. The molecule has 1 atom stereocenters. The van der Waals surface area contributed by atoms with Gasteiger partial charge in [-0.05, 0) is 6.92 Å². The monoisotopic (exact) mass is 236 g/mol. The molecule has 0 aliphatic rings. The first-order valence-electron chi connectivity index (χ1n) is 3.49. The van der Waals surface area contributed by atoms with E-state index in [2.05, 4.69) is 0 Å². The van der Waals surface area contributed by atoms with E-state index in [1.165, 1.54) is 0 Å². The number of carbonyl (C=O) groups is 1. The van der Waals surface area contributed by atoms with Crippen molar-refractivity contribution in [3.8, 4) is 0 Å². The van der Waals surface area contributed by atoms with E-state index >= 15 is 0 Å². The van der Waals surface area contributed by atoms with Crippen molar-refractivity contribution >= 4 is 5.97 Å². The third-order valence-electron chi connectivity index (χ3n) is 1.43. The van der Waals surface area contributed by atoms with E-state index in [1.54, 1.807) is 0 Å². The Morgan fingerprint density at radius 1 is 1.27 bits per heavy atom. The third kappa shape index (κ3) is 3.14. The van der Waals surface area contributed by atoms with Crippen LogP contribution in [0.15, 0.2) is 11.4 Å². The molecule has 0 saturated carbocycles. The Bertz CT molecular complexity index is 290. The van der Waals surface area contributed by atoms with Crippen molar-refractivity contribution in [2.24, 2.45) is 0 Å². The van der Waals surface area contributed by atoms with E-state index in [-0.39, 0.29) is 6.92 Å². The van der Waals surface area contributed by atoms with Crippen LogP contribution in [-0.4, -0.2) is 29.6 Å². The number of carboxylic acid groups (broad SMARTS) is 1. The van der Waals surface area contributed by atoms with Crippen molar-refractivity contribution < 1.29 is 36.2 Å². The lowest BCUT2D eigenvalue weighted by Crippen LogP contribution is -2.30. The number of halogens is 6. The van der Waals surface area contributed by atoms with E-state index in [4.69, 9.17) is 5.11 Å². The van der Waals surface area contributed by atoms with Gasteiger partial charge in [0.25, 0.3) is 0 Å². The van der Waals surface area contributed by atoms with Gasteiger partial charge in [-0.3, -0.25) is 0 Å². The number of aliphatic carboxylic acids is 1. The van der Waals surface area contributed by atoms with Crippen LogP contribution in [0.25, 0.3) is 0 Å². The summed E-state index contributed by atoms with van der Waals surface area (Å²) in [5.41, 5.74) is -6.33. The lowest BCUT2D eigenvalue weighted by molar-refractivity contribution is -0.146. The van der Waals surface area contributed by atoms with Crippen LogP contribution in [0, 0.1) is 0 Å². The highest BCUT2D eigenvalue weighted by atomic mass is 19.4. The molecular formula is C7H6F6O2. The zero-order chi connectivity index (χ0) is 12.4.